The van der Waals surface area contributed by atoms with Crippen molar-refractivity contribution in [2.24, 2.45) is 0 Å². The van der Waals surface area contributed by atoms with Gasteiger partial charge in [0.1, 0.15) is 6.33 Å². The standard InChI is InChI=1S/C14H18N4S/c1-3-18(4-2)13-15-11-16-14(17-13)19-10-12-8-6-5-7-9-12/h5-9,11H,3-4,10H2,1-2H3. The van der Waals surface area contributed by atoms with Gasteiger partial charge in [-0.2, -0.15) is 4.98 Å². The number of rotatable bonds is 6. The summed E-state index contributed by atoms with van der Waals surface area (Å²) in [7, 11) is 0. The van der Waals surface area contributed by atoms with Crippen LogP contribution in [0.3, 0.4) is 0 Å². The van der Waals surface area contributed by atoms with Gasteiger partial charge in [-0.25, -0.2) is 9.97 Å². The van der Waals surface area contributed by atoms with E-state index in [0.29, 0.717) is 0 Å². The maximum absolute atomic E-state index is 4.50. The summed E-state index contributed by atoms with van der Waals surface area (Å²) in [5.41, 5.74) is 1.28. The summed E-state index contributed by atoms with van der Waals surface area (Å²) in [4.78, 5) is 15.1. The van der Waals surface area contributed by atoms with Gasteiger partial charge in [-0.1, -0.05) is 42.1 Å². The van der Waals surface area contributed by atoms with Crippen molar-refractivity contribution in [1.29, 1.82) is 0 Å². The normalized spacial score (nSPS) is 10.4. The van der Waals surface area contributed by atoms with E-state index < -0.39 is 0 Å². The maximum Gasteiger partial charge on any atom is 0.229 e. The summed E-state index contributed by atoms with van der Waals surface area (Å²) >= 11 is 1.64. The number of hydrogen-bond donors (Lipinski definition) is 0. The molecule has 0 amide bonds. The maximum atomic E-state index is 4.50. The van der Waals surface area contributed by atoms with Gasteiger partial charge in [0.2, 0.25) is 5.95 Å². The van der Waals surface area contributed by atoms with E-state index in [4.69, 9.17) is 0 Å². The highest BCUT2D eigenvalue weighted by atomic mass is 32.2. The third-order valence-electron chi connectivity index (χ3n) is 2.79. The van der Waals surface area contributed by atoms with Crippen molar-refractivity contribution in [3.8, 4) is 0 Å². The first kappa shape index (κ1) is 13.8. The molecule has 0 aliphatic heterocycles. The van der Waals surface area contributed by atoms with Crippen molar-refractivity contribution >= 4 is 17.7 Å². The van der Waals surface area contributed by atoms with Crippen LogP contribution < -0.4 is 4.90 Å². The van der Waals surface area contributed by atoms with E-state index in [9.17, 15) is 0 Å². The fourth-order valence-electron chi connectivity index (χ4n) is 1.72. The molecule has 100 valence electrons. The van der Waals surface area contributed by atoms with Crippen LogP contribution in [0.5, 0.6) is 0 Å². The molecular formula is C14H18N4S. The molecule has 0 unspecified atom stereocenters. The molecule has 5 heteroatoms. The zero-order valence-corrected chi connectivity index (χ0v) is 12.1. The highest BCUT2D eigenvalue weighted by Gasteiger charge is 2.07. The Morgan fingerprint density at radius 2 is 1.79 bits per heavy atom. The first-order valence-electron chi connectivity index (χ1n) is 6.44. The molecule has 2 rings (SSSR count). The molecule has 0 aliphatic rings. The topological polar surface area (TPSA) is 41.9 Å². The number of hydrogen-bond acceptors (Lipinski definition) is 5. The van der Waals surface area contributed by atoms with Gasteiger partial charge in [0, 0.05) is 18.8 Å². The van der Waals surface area contributed by atoms with Crippen LogP contribution in [-0.2, 0) is 5.75 Å². The SMILES string of the molecule is CCN(CC)c1ncnc(SCc2ccccc2)n1. The molecule has 19 heavy (non-hydrogen) atoms. The molecular weight excluding hydrogens is 256 g/mol. The van der Waals surface area contributed by atoms with Crippen molar-refractivity contribution in [3.05, 3.63) is 42.2 Å². The van der Waals surface area contributed by atoms with Crippen molar-refractivity contribution < 1.29 is 0 Å². The highest BCUT2D eigenvalue weighted by molar-refractivity contribution is 7.98. The van der Waals surface area contributed by atoms with E-state index in [-0.39, 0.29) is 0 Å². The molecule has 0 N–H and O–H groups in total. The van der Waals surface area contributed by atoms with Crippen molar-refractivity contribution in [1.82, 2.24) is 15.0 Å². The molecule has 1 aromatic heterocycles. The predicted octanol–water partition coefficient (Wildman–Crippen LogP) is 3.01. The van der Waals surface area contributed by atoms with Crippen LogP contribution in [0.25, 0.3) is 0 Å². The van der Waals surface area contributed by atoms with Gasteiger partial charge < -0.3 is 4.90 Å². The van der Waals surface area contributed by atoms with E-state index in [2.05, 4.69) is 45.8 Å². The molecule has 1 aromatic carbocycles. The van der Waals surface area contributed by atoms with Crippen LogP contribution in [0.1, 0.15) is 19.4 Å². The van der Waals surface area contributed by atoms with Crippen LogP contribution in [-0.4, -0.2) is 28.0 Å². The van der Waals surface area contributed by atoms with Gasteiger partial charge >= 0.3 is 0 Å². The Hall–Kier alpha value is -1.62. The van der Waals surface area contributed by atoms with Crippen LogP contribution in [0, 0.1) is 0 Å². The number of anilines is 1. The van der Waals surface area contributed by atoms with Crippen LogP contribution in [0.4, 0.5) is 5.95 Å². The zero-order chi connectivity index (χ0) is 13.5. The average molecular weight is 274 g/mol. The first-order chi connectivity index (χ1) is 9.33. The lowest BCUT2D eigenvalue weighted by molar-refractivity contribution is 0.781. The molecule has 2 aromatic rings. The fourth-order valence-corrected chi connectivity index (χ4v) is 2.48. The van der Waals surface area contributed by atoms with E-state index in [1.165, 1.54) is 5.56 Å². The van der Waals surface area contributed by atoms with E-state index >= 15 is 0 Å². The summed E-state index contributed by atoms with van der Waals surface area (Å²) < 4.78 is 0. The smallest absolute Gasteiger partial charge is 0.229 e. The number of aromatic nitrogens is 3. The Bertz CT molecular complexity index is 500. The molecule has 0 saturated heterocycles. The highest BCUT2D eigenvalue weighted by Crippen LogP contribution is 2.19. The molecule has 0 saturated carbocycles. The average Bonchev–Trinajstić information content (AvgIpc) is 2.48. The van der Waals surface area contributed by atoms with Gasteiger partial charge in [0.15, 0.2) is 5.16 Å². The van der Waals surface area contributed by atoms with Gasteiger partial charge in [0.05, 0.1) is 0 Å². The molecule has 0 radical (unpaired) electrons. The minimum absolute atomic E-state index is 0.760. The Kier molecular flexibility index (Phi) is 5.15. The molecule has 0 spiro atoms. The van der Waals surface area contributed by atoms with Gasteiger partial charge in [-0.15, -0.1) is 0 Å². The lowest BCUT2D eigenvalue weighted by atomic mass is 10.2. The summed E-state index contributed by atoms with van der Waals surface area (Å²) in [5.74, 6) is 1.64. The predicted molar refractivity (Wildman–Crippen MR) is 79.4 cm³/mol. The van der Waals surface area contributed by atoms with Crippen LogP contribution >= 0.6 is 11.8 Å². The minimum Gasteiger partial charge on any atom is -0.341 e. The van der Waals surface area contributed by atoms with Gasteiger partial charge in [-0.05, 0) is 19.4 Å². The minimum atomic E-state index is 0.760. The summed E-state index contributed by atoms with van der Waals surface area (Å²) in [6.45, 7) is 6.01. The van der Waals surface area contributed by atoms with Crippen LogP contribution in [0.2, 0.25) is 0 Å². The zero-order valence-electron chi connectivity index (χ0n) is 11.3. The molecule has 0 aliphatic carbocycles. The Morgan fingerprint density at radius 1 is 1.05 bits per heavy atom. The van der Waals surface area contributed by atoms with E-state index in [1.807, 2.05) is 18.2 Å². The van der Waals surface area contributed by atoms with Gasteiger partial charge in [-0.3, -0.25) is 0 Å². The molecule has 0 atom stereocenters. The van der Waals surface area contributed by atoms with E-state index in [0.717, 1.165) is 29.9 Å². The number of benzene rings is 1. The lowest BCUT2D eigenvalue weighted by Crippen LogP contribution is -2.24. The summed E-state index contributed by atoms with van der Waals surface area (Å²) in [6.07, 6.45) is 1.59. The third-order valence-corrected chi connectivity index (χ3v) is 3.73. The second kappa shape index (κ2) is 7.09. The Morgan fingerprint density at radius 3 is 2.47 bits per heavy atom. The van der Waals surface area contributed by atoms with Crippen LogP contribution in [0.15, 0.2) is 41.8 Å². The van der Waals surface area contributed by atoms with Crippen molar-refractivity contribution in [2.75, 3.05) is 18.0 Å². The summed E-state index contributed by atoms with van der Waals surface area (Å²) in [5, 5.41) is 0.778. The molecule has 0 bridgehead atoms. The quantitative estimate of drug-likeness (QED) is 0.757. The fraction of sp³-hybridized carbons (Fsp3) is 0.357. The number of thioether (sulfide) groups is 1. The third kappa shape index (κ3) is 3.92. The number of nitrogens with zero attached hydrogens (tertiary/aromatic N) is 4. The second-order valence-corrected chi connectivity index (χ2v) is 4.96. The molecule has 1 heterocycles. The molecule has 0 fully saturated rings. The molecule has 4 nitrogen and oxygen atoms in total. The van der Waals surface area contributed by atoms with Gasteiger partial charge in [0.25, 0.3) is 0 Å². The Labute approximate surface area is 118 Å². The van der Waals surface area contributed by atoms with E-state index in [1.54, 1.807) is 18.1 Å². The van der Waals surface area contributed by atoms with Crippen molar-refractivity contribution in [2.45, 2.75) is 24.8 Å². The Balaban J connectivity index is 2.03. The summed E-state index contributed by atoms with van der Waals surface area (Å²) in [6, 6.07) is 10.3. The monoisotopic (exact) mass is 274 g/mol. The first-order valence-corrected chi connectivity index (χ1v) is 7.42. The van der Waals surface area contributed by atoms with Crippen molar-refractivity contribution in [3.63, 3.8) is 0 Å². The lowest BCUT2D eigenvalue weighted by Gasteiger charge is -2.17. The largest absolute Gasteiger partial charge is 0.341 e. The second-order valence-electron chi connectivity index (χ2n) is 4.01.